The molecule has 0 fully saturated rings. The van der Waals surface area contributed by atoms with Crippen LogP contribution >= 0.6 is 11.3 Å². The van der Waals surface area contributed by atoms with Gasteiger partial charge in [-0.15, -0.1) is 17.8 Å². The molecular formula is C15H14FNOS. The van der Waals surface area contributed by atoms with Crippen molar-refractivity contribution in [1.29, 1.82) is 0 Å². The number of thiophene rings is 1. The van der Waals surface area contributed by atoms with Crippen LogP contribution in [0.3, 0.4) is 0 Å². The van der Waals surface area contributed by atoms with Crippen LogP contribution in [0.2, 0.25) is 0 Å². The van der Waals surface area contributed by atoms with E-state index in [0.29, 0.717) is 18.0 Å². The number of hydrogen-bond acceptors (Lipinski definition) is 2. The molecular weight excluding hydrogens is 261 g/mol. The third-order valence-electron chi connectivity index (χ3n) is 2.76. The summed E-state index contributed by atoms with van der Waals surface area (Å²) in [5.74, 6) is 2.12. The van der Waals surface area contributed by atoms with E-state index in [1.54, 1.807) is 17.0 Å². The Balaban J connectivity index is 2.32. The number of hydrogen-bond donors (Lipinski definition) is 0. The maximum absolute atomic E-state index is 13.1. The van der Waals surface area contributed by atoms with Crippen LogP contribution in [0.15, 0.2) is 24.3 Å². The monoisotopic (exact) mass is 275 g/mol. The lowest BCUT2D eigenvalue weighted by atomic mass is 10.2. The largest absolute Gasteiger partial charge is 0.327 e. The molecule has 1 heterocycles. The summed E-state index contributed by atoms with van der Waals surface area (Å²) >= 11 is 1.30. The standard InChI is InChI=1S/C15H14FNOS/c1-3-7-17(8-4-2)15(18)14-9-11-5-6-12(16)10-13(11)19-14/h1,5-6,9-10H,4,7-8H2,2H3. The average molecular weight is 275 g/mol. The minimum atomic E-state index is -0.289. The number of nitrogens with zero attached hydrogens (tertiary/aromatic N) is 1. The molecule has 98 valence electrons. The molecule has 0 aliphatic rings. The van der Waals surface area contributed by atoms with E-state index in [4.69, 9.17) is 6.42 Å². The Bertz CT molecular complexity index is 641. The average Bonchev–Trinajstić information content (AvgIpc) is 2.80. The first-order valence-electron chi connectivity index (χ1n) is 6.07. The molecule has 0 unspecified atom stereocenters. The van der Waals surface area contributed by atoms with Crippen molar-refractivity contribution in [2.24, 2.45) is 0 Å². The van der Waals surface area contributed by atoms with Gasteiger partial charge >= 0.3 is 0 Å². The van der Waals surface area contributed by atoms with Crippen LogP contribution in [0.1, 0.15) is 23.0 Å². The van der Waals surface area contributed by atoms with E-state index in [0.717, 1.165) is 16.5 Å². The Kier molecular flexibility index (Phi) is 4.18. The molecule has 1 aromatic heterocycles. The predicted molar refractivity (Wildman–Crippen MR) is 76.8 cm³/mol. The van der Waals surface area contributed by atoms with Crippen LogP contribution < -0.4 is 0 Å². The highest BCUT2D eigenvalue weighted by molar-refractivity contribution is 7.20. The number of fused-ring (bicyclic) bond motifs is 1. The van der Waals surface area contributed by atoms with Crippen molar-refractivity contribution in [3.63, 3.8) is 0 Å². The molecule has 1 aromatic carbocycles. The maximum Gasteiger partial charge on any atom is 0.264 e. The number of amides is 1. The SMILES string of the molecule is C#CCN(CCC)C(=O)c1cc2ccc(F)cc2s1. The van der Waals surface area contributed by atoms with Gasteiger partial charge in [-0.05, 0) is 30.0 Å². The van der Waals surface area contributed by atoms with E-state index in [1.165, 1.54) is 23.5 Å². The number of carbonyl (C=O) groups excluding carboxylic acids is 1. The predicted octanol–water partition coefficient (Wildman–Crippen LogP) is 3.53. The van der Waals surface area contributed by atoms with Gasteiger partial charge in [0.05, 0.1) is 11.4 Å². The number of carbonyl (C=O) groups is 1. The van der Waals surface area contributed by atoms with E-state index in [1.807, 2.05) is 6.92 Å². The molecule has 0 aliphatic carbocycles. The number of benzene rings is 1. The summed E-state index contributed by atoms with van der Waals surface area (Å²) < 4.78 is 13.9. The summed E-state index contributed by atoms with van der Waals surface area (Å²) in [5.41, 5.74) is 0. The van der Waals surface area contributed by atoms with Gasteiger partial charge in [-0.1, -0.05) is 18.9 Å². The molecule has 4 heteroatoms. The third-order valence-corrected chi connectivity index (χ3v) is 3.84. The van der Waals surface area contributed by atoms with Crippen molar-refractivity contribution in [1.82, 2.24) is 4.90 Å². The molecule has 0 spiro atoms. The highest BCUT2D eigenvalue weighted by Crippen LogP contribution is 2.27. The molecule has 1 amide bonds. The lowest BCUT2D eigenvalue weighted by molar-refractivity contribution is 0.0782. The summed E-state index contributed by atoms with van der Waals surface area (Å²) in [4.78, 5) is 14.6. The molecule has 0 atom stereocenters. The molecule has 19 heavy (non-hydrogen) atoms. The Hall–Kier alpha value is -1.86. The van der Waals surface area contributed by atoms with Crippen molar-refractivity contribution < 1.29 is 9.18 Å². The van der Waals surface area contributed by atoms with Gasteiger partial charge in [0.1, 0.15) is 5.82 Å². The summed E-state index contributed by atoms with van der Waals surface area (Å²) in [6.45, 7) is 2.93. The fourth-order valence-electron chi connectivity index (χ4n) is 1.90. The number of terminal acetylenes is 1. The van der Waals surface area contributed by atoms with Gasteiger partial charge in [-0.2, -0.15) is 0 Å². The smallest absolute Gasteiger partial charge is 0.264 e. The molecule has 0 radical (unpaired) electrons. The van der Waals surface area contributed by atoms with Crippen LogP contribution in [0.4, 0.5) is 4.39 Å². The molecule has 2 nitrogen and oxygen atoms in total. The van der Waals surface area contributed by atoms with Crippen molar-refractivity contribution in [2.45, 2.75) is 13.3 Å². The molecule has 0 saturated heterocycles. The van der Waals surface area contributed by atoms with Gasteiger partial charge in [-0.25, -0.2) is 4.39 Å². The number of rotatable bonds is 4. The first-order chi connectivity index (χ1) is 9.15. The molecule has 2 rings (SSSR count). The lowest BCUT2D eigenvalue weighted by Crippen LogP contribution is -2.31. The van der Waals surface area contributed by atoms with Gasteiger partial charge in [0.2, 0.25) is 0 Å². The summed E-state index contributed by atoms with van der Waals surface area (Å²) in [5, 5.41) is 0.881. The zero-order chi connectivity index (χ0) is 13.8. The highest BCUT2D eigenvalue weighted by Gasteiger charge is 2.16. The van der Waals surface area contributed by atoms with Crippen molar-refractivity contribution >= 4 is 27.3 Å². The highest BCUT2D eigenvalue weighted by atomic mass is 32.1. The van der Waals surface area contributed by atoms with E-state index >= 15 is 0 Å². The minimum Gasteiger partial charge on any atom is -0.327 e. The Labute approximate surface area is 115 Å². The molecule has 0 aliphatic heterocycles. The minimum absolute atomic E-state index is 0.0820. The van der Waals surface area contributed by atoms with E-state index in [-0.39, 0.29) is 11.7 Å². The van der Waals surface area contributed by atoms with Crippen LogP contribution in [-0.2, 0) is 0 Å². The Morgan fingerprint density at radius 1 is 1.47 bits per heavy atom. The van der Waals surface area contributed by atoms with E-state index < -0.39 is 0 Å². The molecule has 0 saturated carbocycles. The van der Waals surface area contributed by atoms with E-state index in [2.05, 4.69) is 5.92 Å². The maximum atomic E-state index is 13.1. The Morgan fingerprint density at radius 3 is 2.95 bits per heavy atom. The number of halogens is 1. The molecule has 0 N–H and O–H groups in total. The fraction of sp³-hybridized carbons (Fsp3) is 0.267. The zero-order valence-corrected chi connectivity index (χ0v) is 11.5. The first-order valence-corrected chi connectivity index (χ1v) is 6.89. The van der Waals surface area contributed by atoms with Crippen LogP contribution in [0.5, 0.6) is 0 Å². The Morgan fingerprint density at radius 2 is 2.26 bits per heavy atom. The van der Waals surface area contributed by atoms with Crippen molar-refractivity contribution in [2.75, 3.05) is 13.1 Å². The second-order valence-corrected chi connectivity index (χ2v) is 5.31. The van der Waals surface area contributed by atoms with Crippen molar-refractivity contribution in [3.05, 3.63) is 35.0 Å². The summed E-state index contributed by atoms with van der Waals surface area (Å²) in [6.07, 6.45) is 6.13. The normalized spacial score (nSPS) is 10.4. The first kappa shape index (κ1) is 13.6. The fourth-order valence-corrected chi connectivity index (χ4v) is 2.95. The second kappa shape index (κ2) is 5.85. The van der Waals surface area contributed by atoms with Gasteiger partial charge in [-0.3, -0.25) is 4.79 Å². The van der Waals surface area contributed by atoms with E-state index in [9.17, 15) is 9.18 Å². The van der Waals surface area contributed by atoms with Gasteiger partial charge < -0.3 is 4.90 Å². The van der Waals surface area contributed by atoms with Crippen LogP contribution in [0.25, 0.3) is 10.1 Å². The van der Waals surface area contributed by atoms with Crippen LogP contribution in [0, 0.1) is 18.2 Å². The topological polar surface area (TPSA) is 20.3 Å². The third kappa shape index (κ3) is 2.94. The quantitative estimate of drug-likeness (QED) is 0.782. The molecule has 2 aromatic rings. The van der Waals surface area contributed by atoms with Gasteiger partial charge in [0.25, 0.3) is 5.91 Å². The lowest BCUT2D eigenvalue weighted by Gasteiger charge is -2.18. The van der Waals surface area contributed by atoms with Gasteiger partial charge in [0, 0.05) is 11.2 Å². The van der Waals surface area contributed by atoms with Gasteiger partial charge in [0.15, 0.2) is 0 Å². The van der Waals surface area contributed by atoms with Crippen LogP contribution in [-0.4, -0.2) is 23.9 Å². The molecule has 0 bridgehead atoms. The zero-order valence-electron chi connectivity index (χ0n) is 10.6. The summed E-state index contributed by atoms with van der Waals surface area (Å²) in [7, 11) is 0. The van der Waals surface area contributed by atoms with Crippen molar-refractivity contribution in [3.8, 4) is 12.3 Å². The second-order valence-electron chi connectivity index (χ2n) is 4.22. The summed E-state index contributed by atoms with van der Waals surface area (Å²) in [6, 6.07) is 6.32.